The van der Waals surface area contributed by atoms with Crippen molar-refractivity contribution in [3.8, 4) is 0 Å². The van der Waals surface area contributed by atoms with Crippen LogP contribution in [0.4, 0.5) is 4.79 Å². The van der Waals surface area contributed by atoms with E-state index in [-0.39, 0.29) is 0 Å². The number of fused-ring (bicyclic) bond motifs is 1. The molecule has 0 radical (unpaired) electrons. The van der Waals surface area contributed by atoms with Gasteiger partial charge in [-0.15, -0.1) is 0 Å². The summed E-state index contributed by atoms with van der Waals surface area (Å²) in [6, 6.07) is 12.0. The molecular weight excluding hydrogens is 284 g/mol. The van der Waals surface area contributed by atoms with Crippen LogP contribution in [0.2, 0.25) is 0 Å². The highest BCUT2D eigenvalue weighted by Crippen LogP contribution is 2.19. The number of ether oxygens (including phenoxy) is 1. The highest BCUT2D eigenvalue weighted by Gasteiger charge is 2.14. The third kappa shape index (κ3) is 3.82. The second-order valence-electron chi connectivity index (χ2n) is 4.51. The van der Waals surface area contributed by atoms with E-state index in [0.717, 1.165) is 10.8 Å². The van der Waals surface area contributed by atoms with Gasteiger partial charge in [-0.2, -0.15) is 0 Å². The first-order valence-corrected chi connectivity index (χ1v) is 6.84. The van der Waals surface area contributed by atoms with Gasteiger partial charge in [-0.1, -0.05) is 36.4 Å². The molecule has 2 N–H and O–H groups in total. The van der Waals surface area contributed by atoms with Crippen molar-refractivity contribution in [3.05, 3.63) is 48.0 Å². The molecule has 2 aromatic carbocycles. The maximum absolute atomic E-state index is 12.1. The number of imide groups is 1. The standard InChI is InChI=1S/C16H16N2O4/c1-2-17-16(21)18-14(19)10-22-15(20)13-9-5-7-11-6-3-4-8-12(11)13/h3-9H,2,10H2,1H3,(H2,17,18,19,21). The van der Waals surface area contributed by atoms with Crippen LogP contribution in [-0.4, -0.2) is 31.1 Å². The second-order valence-corrected chi connectivity index (χ2v) is 4.51. The molecule has 0 spiro atoms. The molecule has 6 nitrogen and oxygen atoms in total. The first-order chi connectivity index (χ1) is 10.6. The maximum Gasteiger partial charge on any atom is 0.339 e. The van der Waals surface area contributed by atoms with E-state index in [1.807, 2.05) is 24.3 Å². The van der Waals surface area contributed by atoms with Crippen LogP contribution in [0, 0.1) is 0 Å². The first-order valence-electron chi connectivity index (χ1n) is 6.84. The Morgan fingerprint density at radius 2 is 1.77 bits per heavy atom. The van der Waals surface area contributed by atoms with Gasteiger partial charge in [0.25, 0.3) is 5.91 Å². The summed E-state index contributed by atoms with van der Waals surface area (Å²) in [7, 11) is 0. The molecule has 2 aromatic rings. The maximum atomic E-state index is 12.1. The van der Waals surface area contributed by atoms with Crippen LogP contribution in [0.5, 0.6) is 0 Å². The SMILES string of the molecule is CCNC(=O)NC(=O)COC(=O)c1cccc2ccccc12. The number of benzene rings is 2. The van der Waals surface area contributed by atoms with Gasteiger partial charge in [0.1, 0.15) is 0 Å². The van der Waals surface area contributed by atoms with Gasteiger partial charge in [0, 0.05) is 6.54 Å². The molecule has 3 amide bonds. The number of esters is 1. The van der Waals surface area contributed by atoms with E-state index in [2.05, 4.69) is 10.6 Å². The summed E-state index contributed by atoms with van der Waals surface area (Å²) in [4.78, 5) is 34.7. The zero-order valence-electron chi connectivity index (χ0n) is 12.1. The van der Waals surface area contributed by atoms with Gasteiger partial charge in [0.05, 0.1) is 5.56 Å². The van der Waals surface area contributed by atoms with Crippen molar-refractivity contribution >= 4 is 28.7 Å². The minimum Gasteiger partial charge on any atom is -0.452 e. The summed E-state index contributed by atoms with van der Waals surface area (Å²) in [5, 5.41) is 6.12. The lowest BCUT2D eigenvalue weighted by Gasteiger charge is -2.08. The third-order valence-electron chi connectivity index (χ3n) is 2.93. The lowest BCUT2D eigenvalue weighted by molar-refractivity contribution is -0.123. The molecular formula is C16H16N2O4. The van der Waals surface area contributed by atoms with E-state index in [9.17, 15) is 14.4 Å². The molecule has 114 valence electrons. The van der Waals surface area contributed by atoms with E-state index in [1.165, 1.54) is 0 Å². The van der Waals surface area contributed by atoms with Crippen LogP contribution in [0.15, 0.2) is 42.5 Å². The molecule has 0 aliphatic rings. The van der Waals surface area contributed by atoms with E-state index >= 15 is 0 Å². The molecule has 0 atom stereocenters. The first kappa shape index (κ1) is 15.5. The van der Waals surface area contributed by atoms with Crippen LogP contribution in [0.25, 0.3) is 10.8 Å². The Hall–Kier alpha value is -2.89. The lowest BCUT2D eigenvalue weighted by Crippen LogP contribution is -2.41. The van der Waals surface area contributed by atoms with Crippen LogP contribution in [-0.2, 0) is 9.53 Å². The molecule has 0 aromatic heterocycles. The Labute approximate surface area is 127 Å². The van der Waals surface area contributed by atoms with Crippen molar-refractivity contribution in [1.82, 2.24) is 10.6 Å². The zero-order chi connectivity index (χ0) is 15.9. The van der Waals surface area contributed by atoms with Crippen LogP contribution in [0.3, 0.4) is 0 Å². The fraction of sp³-hybridized carbons (Fsp3) is 0.188. The van der Waals surface area contributed by atoms with Gasteiger partial charge in [0.15, 0.2) is 6.61 Å². The molecule has 0 fully saturated rings. The average Bonchev–Trinajstić information content (AvgIpc) is 2.52. The number of rotatable bonds is 4. The van der Waals surface area contributed by atoms with E-state index in [4.69, 9.17) is 4.74 Å². The van der Waals surface area contributed by atoms with Crippen molar-refractivity contribution in [2.24, 2.45) is 0 Å². The minimum absolute atomic E-state index is 0.379. The van der Waals surface area contributed by atoms with Gasteiger partial charge >= 0.3 is 12.0 Å². The molecule has 0 heterocycles. The number of urea groups is 1. The lowest BCUT2D eigenvalue weighted by atomic mass is 10.1. The Balaban J connectivity index is 2.00. The zero-order valence-corrected chi connectivity index (χ0v) is 12.1. The fourth-order valence-corrected chi connectivity index (χ4v) is 1.98. The van der Waals surface area contributed by atoms with Crippen molar-refractivity contribution in [3.63, 3.8) is 0 Å². The Morgan fingerprint density at radius 3 is 2.55 bits per heavy atom. The Morgan fingerprint density at radius 1 is 1.05 bits per heavy atom. The molecule has 22 heavy (non-hydrogen) atoms. The Kier molecular flexibility index (Phi) is 5.08. The predicted octanol–water partition coefficient (Wildman–Crippen LogP) is 1.84. The summed E-state index contributed by atoms with van der Waals surface area (Å²) in [5.41, 5.74) is 0.379. The smallest absolute Gasteiger partial charge is 0.339 e. The predicted molar refractivity (Wildman–Crippen MR) is 81.4 cm³/mol. The summed E-state index contributed by atoms with van der Waals surface area (Å²) >= 11 is 0. The average molecular weight is 300 g/mol. The number of nitrogens with one attached hydrogen (secondary N) is 2. The molecule has 0 saturated heterocycles. The van der Waals surface area contributed by atoms with Crippen molar-refractivity contribution in [1.29, 1.82) is 0 Å². The van der Waals surface area contributed by atoms with Crippen LogP contribution >= 0.6 is 0 Å². The molecule has 0 aliphatic heterocycles. The molecule has 0 aliphatic carbocycles. The molecule has 0 unspecified atom stereocenters. The number of hydrogen-bond donors (Lipinski definition) is 2. The number of carbonyl (C=O) groups excluding carboxylic acids is 3. The topological polar surface area (TPSA) is 84.5 Å². The third-order valence-corrected chi connectivity index (χ3v) is 2.93. The van der Waals surface area contributed by atoms with Crippen molar-refractivity contribution in [2.75, 3.05) is 13.2 Å². The van der Waals surface area contributed by atoms with Crippen LogP contribution < -0.4 is 10.6 Å². The van der Waals surface area contributed by atoms with Gasteiger partial charge in [-0.3, -0.25) is 10.1 Å². The number of hydrogen-bond acceptors (Lipinski definition) is 4. The molecule has 0 bridgehead atoms. The monoisotopic (exact) mass is 300 g/mol. The number of amides is 3. The molecule has 6 heteroatoms. The van der Waals surface area contributed by atoms with Crippen molar-refractivity contribution < 1.29 is 19.1 Å². The molecule has 0 saturated carbocycles. The summed E-state index contributed by atoms with van der Waals surface area (Å²) in [6.07, 6.45) is 0. The molecule has 2 rings (SSSR count). The minimum atomic E-state index is -0.681. The normalized spacial score (nSPS) is 10.0. The highest BCUT2D eigenvalue weighted by atomic mass is 16.5. The summed E-state index contributed by atoms with van der Waals surface area (Å²) < 4.78 is 4.95. The van der Waals surface area contributed by atoms with Crippen molar-refractivity contribution in [2.45, 2.75) is 6.92 Å². The summed E-state index contributed by atoms with van der Waals surface area (Å²) in [6.45, 7) is 1.61. The fourth-order valence-electron chi connectivity index (χ4n) is 1.98. The Bertz CT molecular complexity index is 707. The van der Waals surface area contributed by atoms with E-state index in [0.29, 0.717) is 12.1 Å². The largest absolute Gasteiger partial charge is 0.452 e. The van der Waals surface area contributed by atoms with Crippen LogP contribution in [0.1, 0.15) is 17.3 Å². The van der Waals surface area contributed by atoms with Gasteiger partial charge < -0.3 is 10.1 Å². The van der Waals surface area contributed by atoms with E-state index in [1.54, 1.807) is 25.1 Å². The second kappa shape index (κ2) is 7.21. The van der Waals surface area contributed by atoms with Gasteiger partial charge in [0.2, 0.25) is 0 Å². The number of carbonyl (C=O) groups is 3. The van der Waals surface area contributed by atoms with Gasteiger partial charge in [-0.05, 0) is 23.8 Å². The van der Waals surface area contributed by atoms with Gasteiger partial charge in [-0.25, -0.2) is 9.59 Å². The highest BCUT2D eigenvalue weighted by molar-refractivity contribution is 6.05. The quantitative estimate of drug-likeness (QED) is 0.844. The van der Waals surface area contributed by atoms with E-state index < -0.39 is 24.5 Å². The summed E-state index contributed by atoms with van der Waals surface area (Å²) in [5.74, 6) is -1.29.